The van der Waals surface area contributed by atoms with Crippen LogP contribution in [0.3, 0.4) is 0 Å². The third-order valence-electron chi connectivity index (χ3n) is 12.0. The van der Waals surface area contributed by atoms with Crippen molar-refractivity contribution >= 4 is 121 Å². The number of amides is 2. The molecular formula is C68H105Cl4N3O22. The van der Waals surface area contributed by atoms with Crippen molar-refractivity contribution in [2.45, 2.75) is 202 Å². The normalized spacial score (nSPS) is 10.6. The molecule has 1 aromatic rings. The first-order chi connectivity index (χ1) is 45.0. The lowest BCUT2D eigenvalue weighted by Crippen LogP contribution is -2.48. The molecule has 3 N–H and O–H groups in total. The predicted molar refractivity (Wildman–Crippen MR) is 368 cm³/mol. The van der Waals surface area contributed by atoms with Gasteiger partial charge in [0.05, 0.1) is 39.5 Å². The number of esters is 7. The van der Waals surface area contributed by atoms with Crippen LogP contribution in [-0.4, -0.2) is 190 Å². The number of nitrogens with zero attached hydrogens (tertiary/aromatic N) is 2. The molecule has 0 atom stereocenters. The van der Waals surface area contributed by atoms with E-state index in [4.69, 9.17) is 89.8 Å². The van der Waals surface area contributed by atoms with E-state index < -0.39 is 105 Å². The van der Waals surface area contributed by atoms with E-state index in [1.807, 2.05) is 41.5 Å². The quantitative estimate of drug-likeness (QED) is 0.0137. The van der Waals surface area contributed by atoms with Gasteiger partial charge in [-0.15, -0.1) is 0 Å². The second kappa shape index (κ2) is 56.3. The highest BCUT2D eigenvalue weighted by Crippen LogP contribution is 2.18. The summed E-state index contributed by atoms with van der Waals surface area (Å²) >= 11 is 20.4. The van der Waals surface area contributed by atoms with Crippen molar-refractivity contribution in [3.63, 3.8) is 0 Å². The zero-order chi connectivity index (χ0) is 75.3. The summed E-state index contributed by atoms with van der Waals surface area (Å²) in [6.07, 6.45) is 7.57. The zero-order valence-electron chi connectivity index (χ0n) is 58.7. The van der Waals surface area contributed by atoms with Crippen molar-refractivity contribution < 1.29 is 106 Å². The van der Waals surface area contributed by atoms with E-state index in [1.54, 1.807) is 6.92 Å². The van der Waals surface area contributed by atoms with Crippen LogP contribution in [-0.2, 0) is 85.9 Å². The Kier molecular flexibility index (Phi) is 56.2. The number of carbonyl (C=O) groups is 13. The number of unbranched alkanes of at least 4 members (excludes halogenated alkanes) is 9. The molecule has 0 unspecified atom stereocenters. The minimum atomic E-state index is -0.743. The van der Waals surface area contributed by atoms with Crippen LogP contribution in [0, 0.1) is 0 Å². The molecule has 2 amide bonds. The van der Waals surface area contributed by atoms with E-state index >= 15 is 0 Å². The molecule has 0 aromatic heterocycles. The minimum absolute atomic E-state index is 0.0144. The van der Waals surface area contributed by atoms with Crippen LogP contribution >= 0.6 is 46.4 Å². The third kappa shape index (κ3) is 60.3. The number of halogens is 4. The Morgan fingerprint density at radius 1 is 0.392 bits per heavy atom. The second-order valence-electron chi connectivity index (χ2n) is 24.5. The molecule has 97 heavy (non-hydrogen) atoms. The minimum Gasteiger partial charge on any atom is -0.465 e. The lowest BCUT2D eigenvalue weighted by molar-refractivity contribution is -0.154. The van der Waals surface area contributed by atoms with Crippen LogP contribution < -0.4 is 5.32 Å². The van der Waals surface area contributed by atoms with E-state index in [9.17, 15) is 62.3 Å². The molecule has 1 aromatic carbocycles. The Labute approximate surface area is 592 Å². The van der Waals surface area contributed by atoms with Gasteiger partial charge in [-0.05, 0) is 218 Å². The Bertz CT molecular complexity index is 2490. The first kappa shape index (κ1) is 96.8. The van der Waals surface area contributed by atoms with Crippen molar-refractivity contribution in [1.29, 1.82) is 0 Å². The smallest absolute Gasteiger partial charge is 0.333 e. The standard InChI is InChI=1S/C32H52N2O10.C12H16Cl2O6.C10H19NO2.C8H4Cl2O2.C6H14O2/c1-23(2)29(39)43-19-15-33(31(5,6)7)25(35)21-27(37)41-17-13-11-12-14-18-42-28(38)22-26(36)34(32(8,9)10)16-20-44-30(40)24(3)4;13-9(15)7-11(17)19-5-3-1-2-4-6-20-12(18)8-10(14)16;1-8(2)9(12)13-7-6-11-10(3,4)5;9-7(11)5-1-2-6(4-3-5)8(10)12;7-5-3-1-2-4-6-8/h1,3,11-22H2,2,4-10H3;1-8H2;11H,1,6-7H2,2-5H3;1-4H;7-8H,1-6H2. The molecule has 1 rings (SSSR count). The fourth-order valence-corrected chi connectivity index (χ4v) is 7.57. The third-order valence-corrected chi connectivity index (χ3v) is 12.7. The van der Waals surface area contributed by atoms with Gasteiger partial charge < -0.3 is 58.5 Å². The molecule has 0 aliphatic rings. The maximum atomic E-state index is 12.7. The Morgan fingerprint density at radius 2 is 0.649 bits per heavy atom. The summed E-state index contributed by atoms with van der Waals surface area (Å²) in [5.41, 5.74) is 0.545. The van der Waals surface area contributed by atoms with E-state index in [1.165, 1.54) is 47.9 Å². The Hall–Kier alpha value is -6.61. The maximum Gasteiger partial charge on any atom is 0.333 e. The Balaban J connectivity index is -0.000000661. The van der Waals surface area contributed by atoms with Gasteiger partial charge in [0.2, 0.25) is 22.3 Å². The van der Waals surface area contributed by atoms with Crippen LogP contribution in [0.4, 0.5) is 0 Å². The van der Waals surface area contributed by atoms with Crippen molar-refractivity contribution in [3.05, 3.63) is 71.8 Å². The average molecular weight is 1460 g/mol. The number of aliphatic hydroxyl groups is 2. The lowest BCUT2D eigenvalue weighted by atomic mass is 10.1. The van der Waals surface area contributed by atoms with Crippen molar-refractivity contribution in [3.8, 4) is 0 Å². The first-order valence-corrected chi connectivity index (χ1v) is 33.1. The zero-order valence-corrected chi connectivity index (χ0v) is 61.7. The summed E-state index contributed by atoms with van der Waals surface area (Å²) in [4.78, 5) is 151. The van der Waals surface area contributed by atoms with Crippen LogP contribution in [0.1, 0.15) is 207 Å². The number of nitrogens with one attached hydrogen (secondary N) is 1. The van der Waals surface area contributed by atoms with Gasteiger partial charge >= 0.3 is 41.8 Å². The van der Waals surface area contributed by atoms with E-state index in [0.717, 1.165) is 38.5 Å². The molecule has 0 bridgehead atoms. The van der Waals surface area contributed by atoms with Crippen LogP contribution in [0.2, 0.25) is 0 Å². The summed E-state index contributed by atoms with van der Waals surface area (Å²) in [5.74, 6) is -4.81. The molecular weight excluding hydrogens is 1350 g/mol. The highest BCUT2D eigenvalue weighted by Gasteiger charge is 2.30. The van der Waals surface area contributed by atoms with E-state index in [0.29, 0.717) is 68.4 Å². The van der Waals surface area contributed by atoms with Crippen molar-refractivity contribution in [1.82, 2.24) is 15.1 Å². The van der Waals surface area contributed by atoms with Gasteiger partial charge in [-0.1, -0.05) is 32.6 Å². The monoisotopic (exact) mass is 1460 g/mol. The fourth-order valence-electron chi connectivity index (χ4n) is 7.10. The number of aliphatic hydroxyl groups excluding tert-OH is 2. The van der Waals surface area contributed by atoms with E-state index in [2.05, 4.69) is 45.8 Å². The summed E-state index contributed by atoms with van der Waals surface area (Å²) in [7, 11) is 0. The van der Waals surface area contributed by atoms with E-state index in [-0.39, 0.29) is 88.6 Å². The largest absolute Gasteiger partial charge is 0.465 e. The van der Waals surface area contributed by atoms with Gasteiger partial charge in [0.15, 0.2) is 0 Å². The maximum absolute atomic E-state index is 12.7. The average Bonchev–Trinajstić information content (AvgIpc) is 0.888. The summed E-state index contributed by atoms with van der Waals surface area (Å²) in [6, 6.07) is 5.80. The summed E-state index contributed by atoms with van der Waals surface area (Å²) in [5, 5.41) is 17.2. The van der Waals surface area contributed by atoms with Gasteiger partial charge in [0.1, 0.15) is 45.5 Å². The summed E-state index contributed by atoms with van der Waals surface area (Å²) < 4.78 is 35.0. The number of benzene rings is 1. The van der Waals surface area contributed by atoms with Gasteiger partial charge in [0.25, 0.3) is 10.5 Å². The van der Waals surface area contributed by atoms with Crippen LogP contribution in [0.25, 0.3) is 0 Å². The molecule has 0 saturated heterocycles. The van der Waals surface area contributed by atoms with Gasteiger partial charge in [-0.2, -0.15) is 0 Å². The van der Waals surface area contributed by atoms with Gasteiger partial charge in [0, 0.05) is 64.2 Å². The topological polar surface area (TPSA) is 345 Å². The van der Waals surface area contributed by atoms with Crippen LogP contribution in [0.5, 0.6) is 0 Å². The fraction of sp³-hybridized carbons (Fsp3) is 0.632. The van der Waals surface area contributed by atoms with Gasteiger partial charge in [-0.25, -0.2) is 14.4 Å². The van der Waals surface area contributed by atoms with Gasteiger partial charge in [-0.3, -0.25) is 47.9 Å². The molecule has 0 heterocycles. The highest BCUT2D eigenvalue weighted by molar-refractivity contribution is 6.68. The molecule has 29 heteroatoms. The number of hydrogen-bond acceptors (Lipinski definition) is 23. The number of rotatable bonds is 41. The lowest BCUT2D eigenvalue weighted by Gasteiger charge is -2.35. The molecule has 0 saturated carbocycles. The molecule has 25 nitrogen and oxygen atoms in total. The number of carbonyl (C=O) groups excluding carboxylic acids is 13. The molecule has 0 fully saturated rings. The summed E-state index contributed by atoms with van der Waals surface area (Å²) in [6.45, 7) is 34.9. The first-order valence-electron chi connectivity index (χ1n) is 31.6. The van der Waals surface area contributed by atoms with Crippen molar-refractivity contribution in [2.24, 2.45) is 0 Å². The molecule has 0 radical (unpaired) electrons. The number of ether oxygens (including phenoxy) is 7. The highest BCUT2D eigenvalue weighted by atomic mass is 35.5. The molecule has 0 spiro atoms. The Morgan fingerprint density at radius 3 is 0.876 bits per heavy atom. The molecule has 0 aliphatic heterocycles. The SMILES string of the molecule is C=C(C)C(=O)OCCN(C(=O)CC(=O)OCCCCCCOC(=O)CC(=O)N(CCOC(=O)C(=C)C)C(C)(C)C)C(C)(C)C.C=C(C)C(=O)OCCNC(C)(C)C.O=C(Cl)CC(=O)OCCCCCCOC(=O)CC(=O)Cl.O=C(Cl)c1ccc(C(=O)Cl)cc1.OCCCCCCO. The predicted octanol–water partition coefficient (Wildman–Crippen LogP) is 10.3. The molecule has 0 aliphatic carbocycles. The second-order valence-corrected chi connectivity index (χ2v) is 26.0. The van der Waals surface area contributed by atoms with Crippen LogP contribution in [0.15, 0.2) is 60.7 Å². The van der Waals surface area contributed by atoms with Crippen molar-refractivity contribution in [2.75, 3.05) is 79.1 Å². The number of hydrogen-bond donors (Lipinski definition) is 3. The molecule has 552 valence electrons.